The maximum Gasteiger partial charge on any atom is 0.338 e. The molecule has 162 valence electrons. The number of hydrogen-bond acceptors (Lipinski definition) is 5. The molecule has 31 heavy (non-hydrogen) atoms. The first-order valence-electron chi connectivity index (χ1n) is 10.2. The molecule has 0 aromatic heterocycles. The Morgan fingerprint density at radius 1 is 1.00 bits per heavy atom. The normalized spacial score (nSPS) is 14.8. The average molecular weight is 422 g/mol. The van der Waals surface area contributed by atoms with E-state index < -0.39 is 23.9 Å². The Kier molecular flexibility index (Phi) is 6.24. The Labute approximate surface area is 181 Å². The first-order valence-corrected chi connectivity index (χ1v) is 10.2. The lowest BCUT2D eigenvalue weighted by Crippen LogP contribution is -2.37. The maximum atomic E-state index is 12.7. The number of carbonyl (C=O) groups excluding carboxylic acids is 4. The van der Waals surface area contributed by atoms with Crippen LogP contribution in [0.2, 0.25) is 0 Å². The fraction of sp³-hybridized carbons (Fsp3) is 0.333. The summed E-state index contributed by atoms with van der Waals surface area (Å²) in [5.74, 6) is -1.99. The number of anilines is 1. The van der Waals surface area contributed by atoms with Crippen LogP contribution >= 0.6 is 0 Å². The number of rotatable bonds is 6. The summed E-state index contributed by atoms with van der Waals surface area (Å²) in [5, 5.41) is 2.77. The van der Waals surface area contributed by atoms with Crippen molar-refractivity contribution in [1.82, 2.24) is 4.90 Å². The number of carbonyl (C=O) groups is 4. The Morgan fingerprint density at radius 2 is 1.68 bits per heavy atom. The zero-order valence-electron chi connectivity index (χ0n) is 18.3. The molecule has 0 radical (unpaired) electrons. The van der Waals surface area contributed by atoms with Crippen LogP contribution in [0.3, 0.4) is 0 Å². The molecule has 2 atom stereocenters. The lowest BCUT2D eigenvalue weighted by molar-refractivity contribution is -0.123. The lowest BCUT2D eigenvalue weighted by atomic mass is 10.1. The molecule has 1 aliphatic heterocycles. The van der Waals surface area contributed by atoms with E-state index in [4.69, 9.17) is 4.74 Å². The van der Waals surface area contributed by atoms with Gasteiger partial charge in [0.05, 0.1) is 16.7 Å². The lowest BCUT2D eigenvalue weighted by Gasteiger charge is -2.20. The number of benzene rings is 2. The third-order valence-electron chi connectivity index (χ3n) is 5.49. The van der Waals surface area contributed by atoms with Crippen molar-refractivity contribution in [2.45, 2.75) is 53.2 Å². The van der Waals surface area contributed by atoms with E-state index in [-0.39, 0.29) is 28.6 Å². The molecule has 0 spiro atoms. The summed E-state index contributed by atoms with van der Waals surface area (Å²) < 4.78 is 5.30. The summed E-state index contributed by atoms with van der Waals surface area (Å²) in [7, 11) is 0. The smallest absolute Gasteiger partial charge is 0.338 e. The van der Waals surface area contributed by atoms with Gasteiger partial charge in [-0.25, -0.2) is 4.79 Å². The fourth-order valence-electron chi connectivity index (χ4n) is 3.36. The summed E-state index contributed by atoms with van der Waals surface area (Å²) in [6.45, 7) is 8.96. The van der Waals surface area contributed by atoms with Crippen LogP contribution in [0, 0.1) is 13.8 Å². The molecular formula is C24H26N2O5. The SMILES string of the molecule is CC[C@@H](C)N1C(=O)c2ccc(C(=O)O[C@H](C)C(=O)Nc3cc(C)ccc3C)cc2C1=O. The number of nitrogens with zero attached hydrogens (tertiary/aromatic N) is 1. The largest absolute Gasteiger partial charge is 0.449 e. The van der Waals surface area contributed by atoms with Crippen molar-refractivity contribution in [3.63, 3.8) is 0 Å². The first kappa shape index (κ1) is 22.2. The van der Waals surface area contributed by atoms with Crippen LogP contribution in [0.15, 0.2) is 36.4 Å². The van der Waals surface area contributed by atoms with Crippen LogP contribution in [0.1, 0.15) is 69.4 Å². The van der Waals surface area contributed by atoms with Crippen molar-refractivity contribution in [2.24, 2.45) is 0 Å². The van der Waals surface area contributed by atoms with Crippen molar-refractivity contribution >= 4 is 29.4 Å². The van der Waals surface area contributed by atoms with Crippen LogP contribution in [0.4, 0.5) is 5.69 Å². The summed E-state index contributed by atoms with van der Waals surface area (Å²) >= 11 is 0. The molecule has 2 aromatic rings. The van der Waals surface area contributed by atoms with E-state index in [0.29, 0.717) is 12.1 Å². The Hall–Kier alpha value is -3.48. The second-order valence-corrected chi connectivity index (χ2v) is 7.85. The molecule has 0 saturated heterocycles. The van der Waals surface area contributed by atoms with Gasteiger partial charge in [-0.2, -0.15) is 0 Å². The van der Waals surface area contributed by atoms with Gasteiger partial charge in [0.15, 0.2) is 6.10 Å². The van der Waals surface area contributed by atoms with E-state index in [1.165, 1.54) is 30.0 Å². The highest BCUT2D eigenvalue weighted by Gasteiger charge is 2.38. The minimum atomic E-state index is -1.05. The minimum Gasteiger partial charge on any atom is -0.449 e. The van der Waals surface area contributed by atoms with Crippen molar-refractivity contribution in [3.05, 3.63) is 64.2 Å². The summed E-state index contributed by atoms with van der Waals surface area (Å²) in [5.41, 5.74) is 3.09. The summed E-state index contributed by atoms with van der Waals surface area (Å²) in [6, 6.07) is 9.68. The highest BCUT2D eigenvalue weighted by atomic mass is 16.5. The number of esters is 1. The molecule has 1 aliphatic rings. The molecule has 3 amide bonds. The molecule has 7 nitrogen and oxygen atoms in total. The zero-order valence-corrected chi connectivity index (χ0v) is 18.3. The highest BCUT2D eigenvalue weighted by Crippen LogP contribution is 2.27. The number of hydrogen-bond donors (Lipinski definition) is 1. The zero-order chi connectivity index (χ0) is 22.9. The standard InChI is InChI=1S/C24H26N2O5/c1-6-15(4)26-22(28)18-10-9-17(12-19(18)23(26)29)24(30)31-16(5)21(27)25-20-11-13(2)7-8-14(20)3/h7-12,15-16H,6H2,1-5H3,(H,25,27)/t15-,16-/m1/s1. The van der Waals surface area contributed by atoms with E-state index in [9.17, 15) is 19.2 Å². The van der Waals surface area contributed by atoms with Crippen LogP contribution in [0.5, 0.6) is 0 Å². The van der Waals surface area contributed by atoms with Gasteiger partial charge in [-0.05, 0) is 69.5 Å². The highest BCUT2D eigenvalue weighted by molar-refractivity contribution is 6.22. The second-order valence-electron chi connectivity index (χ2n) is 7.85. The molecule has 7 heteroatoms. The molecule has 0 bridgehead atoms. The maximum absolute atomic E-state index is 12.7. The van der Waals surface area contributed by atoms with E-state index in [1.54, 1.807) is 6.92 Å². The number of fused-ring (bicyclic) bond motifs is 1. The van der Waals surface area contributed by atoms with Gasteiger partial charge in [0, 0.05) is 11.7 Å². The summed E-state index contributed by atoms with van der Waals surface area (Å²) in [6.07, 6.45) is -0.414. The molecule has 0 fully saturated rings. The number of ether oxygens (including phenoxy) is 1. The van der Waals surface area contributed by atoms with Gasteiger partial charge in [0.25, 0.3) is 17.7 Å². The summed E-state index contributed by atoms with van der Waals surface area (Å²) in [4.78, 5) is 51.5. The Balaban J connectivity index is 1.72. The topological polar surface area (TPSA) is 92.8 Å². The predicted molar refractivity (Wildman–Crippen MR) is 116 cm³/mol. The molecule has 0 saturated carbocycles. The number of nitrogens with one attached hydrogen (secondary N) is 1. The number of amides is 3. The van der Waals surface area contributed by atoms with Crippen molar-refractivity contribution in [2.75, 3.05) is 5.32 Å². The Bertz CT molecular complexity index is 1080. The van der Waals surface area contributed by atoms with E-state index >= 15 is 0 Å². The average Bonchev–Trinajstić information content (AvgIpc) is 2.99. The van der Waals surface area contributed by atoms with Gasteiger partial charge >= 0.3 is 5.97 Å². The van der Waals surface area contributed by atoms with Gasteiger partial charge in [0.1, 0.15) is 0 Å². The van der Waals surface area contributed by atoms with Crippen LogP contribution in [0.25, 0.3) is 0 Å². The molecule has 1 heterocycles. The van der Waals surface area contributed by atoms with Gasteiger partial charge in [-0.3, -0.25) is 19.3 Å². The molecule has 3 rings (SSSR count). The van der Waals surface area contributed by atoms with Gasteiger partial charge in [0.2, 0.25) is 0 Å². The minimum absolute atomic E-state index is 0.109. The third kappa shape index (κ3) is 4.35. The van der Waals surface area contributed by atoms with E-state index in [0.717, 1.165) is 11.1 Å². The van der Waals surface area contributed by atoms with Crippen LogP contribution in [-0.4, -0.2) is 40.7 Å². The van der Waals surface area contributed by atoms with Gasteiger partial charge in [-0.15, -0.1) is 0 Å². The first-order chi connectivity index (χ1) is 14.6. The van der Waals surface area contributed by atoms with Crippen LogP contribution < -0.4 is 5.32 Å². The van der Waals surface area contributed by atoms with Crippen LogP contribution in [-0.2, 0) is 9.53 Å². The molecule has 2 aromatic carbocycles. The van der Waals surface area contributed by atoms with E-state index in [1.807, 2.05) is 39.0 Å². The predicted octanol–water partition coefficient (Wildman–Crippen LogP) is 3.88. The molecule has 0 unspecified atom stereocenters. The Morgan fingerprint density at radius 3 is 2.35 bits per heavy atom. The molecular weight excluding hydrogens is 396 g/mol. The molecule has 0 aliphatic carbocycles. The number of imide groups is 1. The van der Waals surface area contributed by atoms with Crippen molar-refractivity contribution < 1.29 is 23.9 Å². The monoisotopic (exact) mass is 422 g/mol. The fourth-order valence-corrected chi connectivity index (χ4v) is 3.36. The quantitative estimate of drug-likeness (QED) is 0.563. The van der Waals surface area contributed by atoms with Gasteiger partial charge in [-0.1, -0.05) is 19.1 Å². The van der Waals surface area contributed by atoms with Crippen molar-refractivity contribution in [1.29, 1.82) is 0 Å². The number of aryl methyl sites for hydroxylation is 2. The van der Waals surface area contributed by atoms with Gasteiger partial charge < -0.3 is 10.1 Å². The molecule has 1 N–H and O–H groups in total. The van der Waals surface area contributed by atoms with Crippen molar-refractivity contribution in [3.8, 4) is 0 Å². The second kappa shape index (κ2) is 8.71. The van der Waals surface area contributed by atoms with E-state index in [2.05, 4.69) is 5.32 Å². The third-order valence-corrected chi connectivity index (χ3v) is 5.49.